The van der Waals surface area contributed by atoms with Crippen LogP contribution in [0.3, 0.4) is 0 Å². The van der Waals surface area contributed by atoms with Gasteiger partial charge in [0.05, 0.1) is 4.90 Å². The summed E-state index contributed by atoms with van der Waals surface area (Å²) in [5, 5.41) is 0. The average Bonchev–Trinajstić information content (AvgIpc) is 2.29. The molecule has 1 unspecified atom stereocenters. The quantitative estimate of drug-likeness (QED) is 0.663. The summed E-state index contributed by atoms with van der Waals surface area (Å²) in [5.41, 5.74) is 1.33. The minimum absolute atomic E-state index is 0. The summed E-state index contributed by atoms with van der Waals surface area (Å²) >= 11 is -1.85. The van der Waals surface area contributed by atoms with Crippen LogP contribution >= 0.6 is 0 Å². The van der Waals surface area contributed by atoms with Gasteiger partial charge in [-0.25, -0.2) is 4.21 Å². The summed E-state index contributed by atoms with van der Waals surface area (Å²) in [7, 11) is 0. The Morgan fingerprint density at radius 1 is 0.944 bits per heavy atom. The Bertz CT molecular complexity index is 370. The molecule has 1 saturated carbocycles. The van der Waals surface area contributed by atoms with Crippen molar-refractivity contribution < 1.29 is 8.76 Å². The molecular formula is C14H21NaO2S. The molecule has 0 heterocycles. The standard InChI is InChI=1S/C14H20O2S.Na.H/c15-17(16)14-10-8-13(9-11-14)12-6-4-2-1-3-5-7-12;;/h8-12H,1-7H2,(H,15,16);;. The third-order valence-corrected chi connectivity index (χ3v) is 4.33. The van der Waals surface area contributed by atoms with E-state index < -0.39 is 11.1 Å². The summed E-state index contributed by atoms with van der Waals surface area (Å²) in [4.78, 5) is 0.500. The summed E-state index contributed by atoms with van der Waals surface area (Å²) in [6.45, 7) is 0. The molecule has 0 amide bonds. The van der Waals surface area contributed by atoms with Gasteiger partial charge in [-0.15, -0.1) is 0 Å². The van der Waals surface area contributed by atoms with Gasteiger partial charge in [-0.2, -0.15) is 0 Å². The van der Waals surface area contributed by atoms with Gasteiger partial charge in [0, 0.05) is 0 Å². The van der Waals surface area contributed by atoms with Crippen molar-refractivity contribution in [3.05, 3.63) is 29.8 Å². The van der Waals surface area contributed by atoms with Crippen LogP contribution in [0.1, 0.15) is 56.4 Å². The molecule has 18 heavy (non-hydrogen) atoms. The topological polar surface area (TPSA) is 37.3 Å². The Balaban J connectivity index is 0.00000162. The summed E-state index contributed by atoms with van der Waals surface area (Å²) in [5.74, 6) is 0.650. The molecule has 1 aliphatic rings. The first-order chi connectivity index (χ1) is 8.27. The monoisotopic (exact) mass is 276 g/mol. The van der Waals surface area contributed by atoms with Gasteiger partial charge >= 0.3 is 29.6 Å². The average molecular weight is 276 g/mol. The van der Waals surface area contributed by atoms with E-state index in [9.17, 15) is 4.21 Å². The Hall–Kier alpha value is 0.330. The first-order valence-corrected chi connectivity index (χ1v) is 7.59. The van der Waals surface area contributed by atoms with E-state index in [2.05, 4.69) is 0 Å². The number of hydrogen-bond acceptors (Lipinski definition) is 1. The van der Waals surface area contributed by atoms with E-state index in [0.29, 0.717) is 10.8 Å². The molecule has 0 aromatic heterocycles. The Labute approximate surface area is 134 Å². The normalized spacial score (nSPS) is 19.4. The van der Waals surface area contributed by atoms with Gasteiger partial charge in [0.1, 0.15) is 0 Å². The number of benzene rings is 1. The SMILES string of the molecule is O=S(O)c1ccc(C2CCCCCCC2)cc1.[NaH]. The van der Waals surface area contributed by atoms with Crippen LogP contribution in [0.25, 0.3) is 0 Å². The molecule has 1 fully saturated rings. The molecule has 1 aliphatic carbocycles. The molecular weight excluding hydrogens is 255 g/mol. The molecule has 0 saturated heterocycles. The third kappa shape index (κ3) is 4.78. The fourth-order valence-corrected chi connectivity index (χ4v) is 3.01. The van der Waals surface area contributed by atoms with E-state index in [-0.39, 0.29) is 29.6 Å². The van der Waals surface area contributed by atoms with Crippen LogP contribution in [0, 0.1) is 0 Å². The summed E-state index contributed by atoms with van der Waals surface area (Å²) in [6.07, 6.45) is 9.26. The van der Waals surface area contributed by atoms with Crippen molar-refractivity contribution in [2.75, 3.05) is 0 Å². The van der Waals surface area contributed by atoms with Crippen LogP contribution in [0.15, 0.2) is 29.2 Å². The minimum atomic E-state index is -1.85. The van der Waals surface area contributed by atoms with Gasteiger partial charge in [0.25, 0.3) is 0 Å². The second kappa shape index (κ2) is 8.49. The van der Waals surface area contributed by atoms with Crippen LogP contribution in [0.5, 0.6) is 0 Å². The van der Waals surface area contributed by atoms with Gasteiger partial charge in [-0.3, -0.25) is 0 Å². The third-order valence-electron chi connectivity index (χ3n) is 3.66. The van der Waals surface area contributed by atoms with Crippen molar-refractivity contribution >= 4 is 40.6 Å². The zero-order valence-corrected chi connectivity index (χ0v) is 10.9. The van der Waals surface area contributed by atoms with Crippen molar-refractivity contribution in [3.63, 3.8) is 0 Å². The van der Waals surface area contributed by atoms with Crippen LogP contribution < -0.4 is 0 Å². The van der Waals surface area contributed by atoms with Crippen molar-refractivity contribution in [2.24, 2.45) is 0 Å². The predicted octanol–water partition coefficient (Wildman–Crippen LogP) is 3.45. The summed E-state index contributed by atoms with van der Waals surface area (Å²) in [6, 6.07) is 7.61. The molecule has 4 heteroatoms. The van der Waals surface area contributed by atoms with Crippen LogP contribution in [0.2, 0.25) is 0 Å². The Morgan fingerprint density at radius 3 is 1.94 bits per heavy atom. The van der Waals surface area contributed by atoms with E-state index >= 15 is 0 Å². The molecule has 1 N–H and O–H groups in total. The molecule has 1 aromatic rings. The van der Waals surface area contributed by atoms with E-state index in [1.54, 1.807) is 12.1 Å². The molecule has 0 bridgehead atoms. The van der Waals surface area contributed by atoms with Crippen molar-refractivity contribution in [1.82, 2.24) is 0 Å². The molecule has 2 nitrogen and oxygen atoms in total. The van der Waals surface area contributed by atoms with E-state index in [1.807, 2.05) is 12.1 Å². The zero-order chi connectivity index (χ0) is 12.1. The fraction of sp³-hybridized carbons (Fsp3) is 0.571. The van der Waals surface area contributed by atoms with E-state index in [0.717, 1.165) is 0 Å². The van der Waals surface area contributed by atoms with E-state index in [4.69, 9.17) is 4.55 Å². The van der Waals surface area contributed by atoms with Crippen molar-refractivity contribution in [1.29, 1.82) is 0 Å². The molecule has 2 rings (SSSR count). The predicted molar refractivity (Wildman–Crippen MR) is 77.7 cm³/mol. The van der Waals surface area contributed by atoms with Crippen LogP contribution in [-0.4, -0.2) is 38.3 Å². The Kier molecular flexibility index (Phi) is 7.73. The molecule has 0 aliphatic heterocycles. The molecule has 96 valence electrons. The first kappa shape index (κ1) is 16.4. The van der Waals surface area contributed by atoms with Crippen LogP contribution in [0.4, 0.5) is 0 Å². The van der Waals surface area contributed by atoms with Crippen molar-refractivity contribution in [2.45, 2.75) is 55.8 Å². The number of rotatable bonds is 2. The second-order valence-corrected chi connectivity index (χ2v) is 5.83. The van der Waals surface area contributed by atoms with Gasteiger partial charge in [0.15, 0.2) is 11.1 Å². The maximum atomic E-state index is 10.9. The second-order valence-electron chi connectivity index (χ2n) is 4.86. The molecule has 0 spiro atoms. The maximum absolute atomic E-state index is 10.9. The number of hydrogen-bond donors (Lipinski definition) is 1. The van der Waals surface area contributed by atoms with Gasteiger partial charge in [0.2, 0.25) is 0 Å². The zero-order valence-electron chi connectivity index (χ0n) is 10.1. The molecule has 0 radical (unpaired) electrons. The fourth-order valence-electron chi connectivity index (χ4n) is 2.65. The molecule has 1 atom stereocenters. The van der Waals surface area contributed by atoms with Gasteiger partial charge in [-0.1, -0.05) is 44.2 Å². The first-order valence-electron chi connectivity index (χ1n) is 6.48. The molecule has 1 aromatic carbocycles. The van der Waals surface area contributed by atoms with Gasteiger partial charge in [-0.05, 0) is 36.5 Å². The van der Waals surface area contributed by atoms with Crippen LogP contribution in [-0.2, 0) is 11.1 Å². The van der Waals surface area contributed by atoms with Crippen molar-refractivity contribution in [3.8, 4) is 0 Å². The van der Waals surface area contributed by atoms with Gasteiger partial charge < -0.3 is 4.55 Å². The summed E-state index contributed by atoms with van der Waals surface area (Å²) < 4.78 is 19.9. The Morgan fingerprint density at radius 2 is 1.44 bits per heavy atom. The van der Waals surface area contributed by atoms with E-state index in [1.165, 1.54) is 50.5 Å².